The largest absolute Gasteiger partial charge is 0.493 e. The second kappa shape index (κ2) is 12.5. The van der Waals surface area contributed by atoms with Crippen molar-refractivity contribution in [1.82, 2.24) is 10.3 Å². The topological polar surface area (TPSA) is 135 Å². The molecule has 8 nitrogen and oxygen atoms in total. The van der Waals surface area contributed by atoms with Gasteiger partial charge in [-0.1, -0.05) is 17.7 Å². The van der Waals surface area contributed by atoms with Gasteiger partial charge in [-0.05, 0) is 37.2 Å². The minimum absolute atomic E-state index is 0.160. The first-order valence-corrected chi connectivity index (χ1v) is 8.99. The van der Waals surface area contributed by atoms with Crippen LogP contribution in [-0.4, -0.2) is 41.7 Å². The van der Waals surface area contributed by atoms with Crippen LogP contribution in [0.2, 0.25) is 5.02 Å². The summed E-state index contributed by atoms with van der Waals surface area (Å²) in [5.41, 5.74) is 6.46. The molecule has 0 fully saturated rings. The van der Waals surface area contributed by atoms with E-state index in [4.69, 9.17) is 32.0 Å². The van der Waals surface area contributed by atoms with Gasteiger partial charge in [0.25, 0.3) is 11.9 Å². The first-order chi connectivity index (χ1) is 13.3. The Labute approximate surface area is 167 Å². The zero-order chi connectivity index (χ0) is 20.9. The zero-order valence-corrected chi connectivity index (χ0v) is 16.3. The molecular formula is C19H24ClN3O5. The van der Waals surface area contributed by atoms with Crippen molar-refractivity contribution in [2.45, 2.75) is 19.8 Å². The molecule has 1 amide bonds. The predicted octanol–water partition coefficient (Wildman–Crippen LogP) is 1.82. The van der Waals surface area contributed by atoms with Crippen LogP contribution in [0.1, 0.15) is 29.4 Å². The molecule has 1 aromatic carbocycles. The number of hydrogen-bond acceptors (Lipinski definition) is 5. The van der Waals surface area contributed by atoms with E-state index in [1.54, 1.807) is 30.3 Å². The number of rotatable bonds is 8. The molecule has 0 aliphatic rings. The second-order valence-electron chi connectivity index (χ2n) is 5.70. The number of carboxylic acids is 1. The van der Waals surface area contributed by atoms with Crippen molar-refractivity contribution in [3.8, 4) is 5.75 Å². The van der Waals surface area contributed by atoms with Crippen molar-refractivity contribution in [1.29, 1.82) is 0 Å². The Bertz CT molecular complexity index is 834. The lowest BCUT2D eigenvalue weighted by Crippen LogP contribution is -2.27. The van der Waals surface area contributed by atoms with Crippen LogP contribution in [0, 0.1) is 0 Å². The van der Waals surface area contributed by atoms with E-state index in [1.165, 1.54) is 6.07 Å². The monoisotopic (exact) mass is 409 g/mol. The van der Waals surface area contributed by atoms with Crippen molar-refractivity contribution < 1.29 is 19.4 Å². The number of nitrogens with one attached hydrogen (secondary N) is 2. The lowest BCUT2D eigenvalue weighted by atomic mass is 10.2. The molecule has 2 aromatic rings. The number of carboxylic acid groups (broad SMARTS) is 1. The van der Waals surface area contributed by atoms with Gasteiger partial charge in [0.05, 0.1) is 12.2 Å². The summed E-state index contributed by atoms with van der Waals surface area (Å²) in [5, 5.41) is 10.7. The van der Waals surface area contributed by atoms with Gasteiger partial charge in [-0.15, -0.1) is 0 Å². The van der Waals surface area contributed by atoms with E-state index >= 15 is 0 Å². The normalized spacial score (nSPS) is 9.82. The highest BCUT2D eigenvalue weighted by atomic mass is 35.5. The Morgan fingerprint density at radius 3 is 2.64 bits per heavy atom. The first-order valence-electron chi connectivity index (χ1n) is 8.62. The molecule has 0 radical (unpaired) electrons. The number of carbonyl (C=O) groups is 2. The Morgan fingerprint density at radius 2 is 2.00 bits per heavy atom. The quantitative estimate of drug-likeness (QED) is 0.491. The fourth-order valence-corrected chi connectivity index (χ4v) is 2.28. The maximum atomic E-state index is 12.3. The molecule has 152 valence electrons. The predicted molar refractivity (Wildman–Crippen MR) is 107 cm³/mol. The van der Waals surface area contributed by atoms with Gasteiger partial charge in [0, 0.05) is 36.7 Å². The maximum absolute atomic E-state index is 12.3. The number of halogens is 1. The van der Waals surface area contributed by atoms with Gasteiger partial charge in [-0.3, -0.25) is 14.4 Å². The van der Waals surface area contributed by atoms with Crippen LogP contribution in [0.4, 0.5) is 0 Å². The molecular weight excluding hydrogens is 386 g/mol. The molecule has 2 rings (SSSR count). The van der Waals surface area contributed by atoms with Crippen LogP contribution in [0.3, 0.4) is 0 Å². The first kappa shape index (κ1) is 23.2. The summed E-state index contributed by atoms with van der Waals surface area (Å²) < 4.78 is 5.59. The number of aliphatic carboxylic acids is 1. The second-order valence-corrected chi connectivity index (χ2v) is 6.13. The summed E-state index contributed by atoms with van der Waals surface area (Å²) in [6.07, 6.45) is 1.22. The average Bonchev–Trinajstić information content (AvgIpc) is 2.61. The summed E-state index contributed by atoms with van der Waals surface area (Å²) in [6, 6.07) is 9.80. The summed E-state index contributed by atoms with van der Waals surface area (Å²) in [7, 11) is 0. The number of benzene rings is 1. The molecule has 5 N–H and O–H groups in total. The third-order valence-electron chi connectivity index (χ3n) is 3.30. The lowest BCUT2D eigenvalue weighted by molar-refractivity contribution is -0.134. The van der Waals surface area contributed by atoms with E-state index in [-0.39, 0.29) is 11.5 Å². The molecule has 0 unspecified atom stereocenters. The summed E-state index contributed by atoms with van der Waals surface area (Å²) >= 11 is 5.96. The SMILES string of the molecule is CC(=O)O.NCCCOc1cc(Cl)ccc1C(=O)NCCc1cccc(=O)[nH]1. The number of aromatic nitrogens is 1. The van der Waals surface area contributed by atoms with Crippen LogP contribution in [0.25, 0.3) is 0 Å². The summed E-state index contributed by atoms with van der Waals surface area (Å²) in [6.45, 7) is 2.41. The average molecular weight is 410 g/mol. The molecule has 0 saturated carbocycles. The molecule has 0 aliphatic heterocycles. The van der Waals surface area contributed by atoms with E-state index < -0.39 is 5.97 Å². The fourth-order valence-electron chi connectivity index (χ4n) is 2.11. The van der Waals surface area contributed by atoms with Gasteiger partial charge < -0.3 is 25.9 Å². The number of H-pyrrole nitrogens is 1. The minimum atomic E-state index is -0.833. The molecule has 9 heteroatoms. The molecule has 0 saturated heterocycles. The number of nitrogens with two attached hydrogens (primary N) is 1. The van der Waals surface area contributed by atoms with Gasteiger partial charge in [-0.25, -0.2) is 0 Å². The maximum Gasteiger partial charge on any atom is 0.300 e. The smallest absolute Gasteiger partial charge is 0.300 e. The van der Waals surface area contributed by atoms with Crippen molar-refractivity contribution >= 4 is 23.5 Å². The van der Waals surface area contributed by atoms with Gasteiger partial charge in [-0.2, -0.15) is 0 Å². The van der Waals surface area contributed by atoms with Crippen LogP contribution < -0.4 is 21.3 Å². The van der Waals surface area contributed by atoms with Crippen molar-refractivity contribution in [2.75, 3.05) is 19.7 Å². The Hall–Kier alpha value is -2.84. The Kier molecular flexibility index (Phi) is 10.4. The van der Waals surface area contributed by atoms with Crippen LogP contribution >= 0.6 is 11.6 Å². The fraction of sp³-hybridized carbons (Fsp3) is 0.316. The minimum Gasteiger partial charge on any atom is -0.493 e. The lowest BCUT2D eigenvalue weighted by Gasteiger charge is -2.12. The third-order valence-corrected chi connectivity index (χ3v) is 3.54. The number of hydrogen-bond donors (Lipinski definition) is 4. The molecule has 28 heavy (non-hydrogen) atoms. The molecule has 0 atom stereocenters. The molecule has 0 bridgehead atoms. The number of ether oxygens (including phenoxy) is 1. The van der Waals surface area contributed by atoms with E-state index in [0.717, 1.165) is 12.6 Å². The van der Waals surface area contributed by atoms with Crippen molar-refractivity contribution in [3.05, 3.63) is 63.0 Å². The van der Waals surface area contributed by atoms with Gasteiger partial charge in [0.1, 0.15) is 5.75 Å². The highest BCUT2D eigenvalue weighted by molar-refractivity contribution is 6.30. The highest BCUT2D eigenvalue weighted by Crippen LogP contribution is 2.23. The number of aromatic amines is 1. The molecule has 1 aromatic heterocycles. The van der Waals surface area contributed by atoms with E-state index in [9.17, 15) is 9.59 Å². The summed E-state index contributed by atoms with van der Waals surface area (Å²) in [4.78, 5) is 35.3. The molecule has 0 spiro atoms. The van der Waals surface area contributed by atoms with Crippen LogP contribution in [-0.2, 0) is 11.2 Å². The Morgan fingerprint density at radius 1 is 1.29 bits per heavy atom. The summed E-state index contributed by atoms with van der Waals surface area (Å²) in [5.74, 6) is -0.658. The molecule has 1 heterocycles. The van der Waals surface area contributed by atoms with E-state index in [1.807, 2.05) is 0 Å². The van der Waals surface area contributed by atoms with Gasteiger partial charge in [0.2, 0.25) is 5.56 Å². The van der Waals surface area contributed by atoms with Gasteiger partial charge >= 0.3 is 0 Å². The number of amides is 1. The third kappa shape index (κ3) is 9.20. The number of carbonyl (C=O) groups excluding carboxylic acids is 1. The highest BCUT2D eigenvalue weighted by Gasteiger charge is 2.13. The number of pyridine rings is 1. The zero-order valence-electron chi connectivity index (χ0n) is 15.5. The van der Waals surface area contributed by atoms with Crippen LogP contribution in [0.5, 0.6) is 5.75 Å². The van der Waals surface area contributed by atoms with Crippen LogP contribution in [0.15, 0.2) is 41.2 Å². The van der Waals surface area contributed by atoms with Gasteiger partial charge in [0.15, 0.2) is 0 Å². The van der Waals surface area contributed by atoms with E-state index in [0.29, 0.717) is 48.9 Å². The standard InChI is InChI=1S/C17H20ClN3O3.C2H4O2/c18-12-5-6-14(15(11-12)24-10-2-8-19)17(23)20-9-7-13-3-1-4-16(22)21-13;1-2(3)4/h1,3-6,11H,2,7-10,19H2,(H,20,23)(H,21,22);1H3,(H,3,4). The van der Waals surface area contributed by atoms with E-state index in [2.05, 4.69) is 10.3 Å². The van der Waals surface area contributed by atoms with Crippen molar-refractivity contribution in [2.24, 2.45) is 5.73 Å². The van der Waals surface area contributed by atoms with Crippen molar-refractivity contribution in [3.63, 3.8) is 0 Å². The Balaban J connectivity index is 0.000000892. The molecule has 0 aliphatic carbocycles.